The van der Waals surface area contributed by atoms with E-state index in [1.165, 1.54) is 0 Å². The van der Waals surface area contributed by atoms with Gasteiger partial charge in [0.25, 0.3) is 0 Å². The van der Waals surface area contributed by atoms with Crippen LogP contribution in [0.15, 0.2) is 12.1 Å². The summed E-state index contributed by atoms with van der Waals surface area (Å²) in [7, 11) is 0. The van der Waals surface area contributed by atoms with Crippen LogP contribution in [0.1, 0.15) is 19.1 Å². The lowest BCUT2D eigenvalue weighted by atomic mass is 10.1. The number of nitrogens with one attached hydrogen (secondary N) is 1. The van der Waals surface area contributed by atoms with Gasteiger partial charge in [-0.25, -0.2) is 4.98 Å². The van der Waals surface area contributed by atoms with Gasteiger partial charge in [0, 0.05) is 6.04 Å². The number of hydrogen-bond acceptors (Lipinski definition) is 6. The summed E-state index contributed by atoms with van der Waals surface area (Å²) in [5, 5.41) is 33.8. The molecule has 24 heavy (non-hydrogen) atoms. The predicted octanol–water partition coefficient (Wildman–Crippen LogP) is 1.53. The molecule has 1 aliphatic carbocycles. The number of hydrogen-bond donors (Lipinski definition) is 4. The molecule has 130 valence electrons. The molecular weight excluding hydrogens is 357 g/mol. The molecule has 1 unspecified atom stereocenters. The monoisotopic (exact) mass is 373 g/mol. The van der Waals surface area contributed by atoms with E-state index in [-0.39, 0.29) is 6.61 Å². The molecule has 0 amide bonds. The smallest absolute Gasteiger partial charge is 0.206 e. The number of anilines is 1. The first kappa shape index (κ1) is 16.4. The molecule has 1 aromatic heterocycles. The number of rotatable bonds is 4. The lowest BCUT2D eigenvalue weighted by molar-refractivity contribution is -0.0499. The zero-order valence-corrected chi connectivity index (χ0v) is 14.1. The number of fused-ring (bicyclic) bond motifs is 1. The summed E-state index contributed by atoms with van der Waals surface area (Å²) in [5.41, 5.74) is 1.23. The number of nitrogens with zero attached hydrogens (tertiary/aromatic N) is 2. The van der Waals surface area contributed by atoms with Crippen molar-refractivity contribution in [3.8, 4) is 0 Å². The van der Waals surface area contributed by atoms with Crippen molar-refractivity contribution in [3.63, 3.8) is 0 Å². The summed E-state index contributed by atoms with van der Waals surface area (Å²) in [6.45, 7) is -0.390. The number of ether oxygens (including phenoxy) is 1. The van der Waals surface area contributed by atoms with Crippen LogP contribution in [0.5, 0.6) is 0 Å². The summed E-state index contributed by atoms with van der Waals surface area (Å²) in [6, 6.07) is 3.62. The van der Waals surface area contributed by atoms with Crippen molar-refractivity contribution in [2.45, 2.75) is 43.4 Å². The molecule has 1 saturated carbocycles. The van der Waals surface area contributed by atoms with Crippen LogP contribution in [0.25, 0.3) is 11.0 Å². The van der Waals surface area contributed by atoms with E-state index in [0.29, 0.717) is 33.1 Å². The van der Waals surface area contributed by atoms with Crippen molar-refractivity contribution >= 4 is 40.2 Å². The lowest BCUT2D eigenvalue weighted by Gasteiger charge is -2.20. The molecular formula is C15H17Cl2N3O4. The van der Waals surface area contributed by atoms with Gasteiger partial charge >= 0.3 is 0 Å². The van der Waals surface area contributed by atoms with E-state index >= 15 is 0 Å². The zero-order chi connectivity index (χ0) is 17.0. The first-order valence-electron chi connectivity index (χ1n) is 7.75. The Balaban J connectivity index is 1.83. The fourth-order valence-corrected chi connectivity index (χ4v) is 3.27. The van der Waals surface area contributed by atoms with Crippen LogP contribution in [-0.4, -0.2) is 55.8 Å². The second-order valence-electron chi connectivity index (χ2n) is 6.21. The van der Waals surface area contributed by atoms with E-state index in [1.807, 2.05) is 0 Å². The lowest BCUT2D eigenvalue weighted by Crippen LogP contribution is -2.33. The van der Waals surface area contributed by atoms with Crippen LogP contribution in [-0.2, 0) is 4.74 Å². The van der Waals surface area contributed by atoms with Gasteiger partial charge < -0.3 is 25.4 Å². The summed E-state index contributed by atoms with van der Waals surface area (Å²) in [4.78, 5) is 4.52. The van der Waals surface area contributed by atoms with Crippen LogP contribution in [0, 0.1) is 0 Å². The molecule has 2 fully saturated rings. The molecule has 4 atom stereocenters. The second kappa shape index (κ2) is 6.01. The third kappa shape index (κ3) is 2.65. The Bertz CT molecular complexity index is 780. The van der Waals surface area contributed by atoms with Crippen molar-refractivity contribution < 1.29 is 20.1 Å². The number of aliphatic hydroxyl groups excluding tert-OH is 3. The molecule has 2 aromatic rings. The van der Waals surface area contributed by atoms with Crippen molar-refractivity contribution in [3.05, 3.63) is 22.2 Å². The third-order valence-corrected chi connectivity index (χ3v) is 5.14. The van der Waals surface area contributed by atoms with Crippen molar-refractivity contribution in [2.24, 2.45) is 0 Å². The maximum atomic E-state index is 10.4. The third-order valence-electron chi connectivity index (χ3n) is 4.41. The van der Waals surface area contributed by atoms with Gasteiger partial charge in [-0.15, -0.1) is 0 Å². The van der Waals surface area contributed by atoms with Crippen LogP contribution in [0.3, 0.4) is 0 Å². The van der Waals surface area contributed by atoms with Crippen molar-refractivity contribution in [1.82, 2.24) is 9.55 Å². The maximum Gasteiger partial charge on any atom is 0.206 e. The zero-order valence-electron chi connectivity index (χ0n) is 12.6. The number of aromatic nitrogens is 2. The van der Waals surface area contributed by atoms with E-state index in [4.69, 9.17) is 27.9 Å². The Morgan fingerprint density at radius 3 is 2.54 bits per heavy atom. The quantitative estimate of drug-likeness (QED) is 0.648. The van der Waals surface area contributed by atoms with Crippen LogP contribution < -0.4 is 5.32 Å². The number of aliphatic hydroxyl groups is 3. The van der Waals surface area contributed by atoms with E-state index in [0.717, 1.165) is 12.8 Å². The van der Waals surface area contributed by atoms with E-state index in [1.54, 1.807) is 16.7 Å². The van der Waals surface area contributed by atoms with E-state index < -0.39 is 24.5 Å². The molecule has 7 nitrogen and oxygen atoms in total. The van der Waals surface area contributed by atoms with Gasteiger partial charge in [-0.05, 0) is 25.0 Å². The number of imidazole rings is 1. The fourth-order valence-electron chi connectivity index (χ4n) is 2.95. The molecule has 2 aliphatic rings. The molecule has 0 bridgehead atoms. The molecule has 0 spiro atoms. The topological polar surface area (TPSA) is 99.8 Å². The first-order chi connectivity index (χ1) is 11.5. The van der Waals surface area contributed by atoms with Crippen molar-refractivity contribution in [1.29, 1.82) is 0 Å². The Morgan fingerprint density at radius 1 is 1.21 bits per heavy atom. The normalized spacial score (nSPS) is 30.2. The number of benzene rings is 1. The van der Waals surface area contributed by atoms with Gasteiger partial charge in [-0.2, -0.15) is 0 Å². The van der Waals surface area contributed by atoms with Gasteiger partial charge in [-0.3, -0.25) is 4.57 Å². The van der Waals surface area contributed by atoms with Crippen molar-refractivity contribution in [2.75, 3.05) is 11.9 Å². The average molecular weight is 374 g/mol. The highest BCUT2D eigenvalue weighted by Gasteiger charge is 2.45. The largest absolute Gasteiger partial charge is 0.394 e. The molecule has 4 rings (SSSR count). The molecule has 2 heterocycles. The van der Waals surface area contributed by atoms with Gasteiger partial charge in [0.15, 0.2) is 6.23 Å². The minimum absolute atomic E-state index is 0.323. The van der Waals surface area contributed by atoms with Crippen LogP contribution >= 0.6 is 23.2 Å². The van der Waals surface area contributed by atoms with Crippen LogP contribution in [0.2, 0.25) is 10.0 Å². The standard InChI is InChI=1S/C15H17Cl2N3O4/c16-7-3-9-10(4-8(7)17)20(15(19-9)18-6-1-2-6)14-13(23)12(22)11(5-21)24-14/h3-4,6,11-14,21-23H,1-2,5H2,(H,18,19)/t11-,12+,13+,14?/m1/s1. The average Bonchev–Trinajstić information content (AvgIpc) is 3.25. The van der Waals surface area contributed by atoms with E-state index in [9.17, 15) is 15.3 Å². The minimum Gasteiger partial charge on any atom is -0.394 e. The Hall–Kier alpha value is -1.09. The van der Waals surface area contributed by atoms with Gasteiger partial charge in [0.1, 0.15) is 18.3 Å². The Morgan fingerprint density at radius 2 is 1.92 bits per heavy atom. The molecule has 0 radical (unpaired) electrons. The fraction of sp³-hybridized carbons (Fsp3) is 0.533. The molecule has 1 saturated heterocycles. The Kier molecular flexibility index (Phi) is 4.11. The summed E-state index contributed by atoms with van der Waals surface area (Å²) in [5.74, 6) is 0.515. The first-order valence-corrected chi connectivity index (χ1v) is 8.51. The highest BCUT2D eigenvalue weighted by atomic mass is 35.5. The van der Waals surface area contributed by atoms with Gasteiger partial charge in [-0.1, -0.05) is 23.2 Å². The minimum atomic E-state index is -1.20. The molecule has 1 aliphatic heterocycles. The van der Waals surface area contributed by atoms with Gasteiger partial charge in [0.2, 0.25) is 5.95 Å². The second-order valence-corrected chi connectivity index (χ2v) is 7.02. The summed E-state index contributed by atoms with van der Waals surface area (Å²) < 4.78 is 7.32. The van der Waals surface area contributed by atoms with Gasteiger partial charge in [0.05, 0.1) is 27.7 Å². The highest BCUT2D eigenvalue weighted by Crippen LogP contribution is 2.38. The highest BCUT2D eigenvalue weighted by molar-refractivity contribution is 6.42. The molecule has 9 heteroatoms. The summed E-state index contributed by atoms with van der Waals surface area (Å²) >= 11 is 12.2. The summed E-state index contributed by atoms with van der Waals surface area (Å²) in [6.07, 6.45) is -2.05. The maximum absolute atomic E-state index is 10.4. The van der Waals surface area contributed by atoms with E-state index in [2.05, 4.69) is 10.3 Å². The molecule has 1 aromatic carbocycles. The van der Waals surface area contributed by atoms with Crippen LogP contribution in [0.4, 0.5) is 5.95 Å². The molecule has 4 N–H and O–H groups in total. The Labute approximate surface area is 147 Å². The SMILES string of the molecule is OC[C@H]1OC(n2c(NC3CC3)nc3cc(Cl)c(Cl)cc32)[C@@H](O)[C@H]1O. The number of halogens is 2. The predicted molar refractivity (Wildman–Crippen MR) is 89.4 cm³/mol.